The van der Waals surface area contributed by atoms with E-state index in [2.05, 4.69) is 53.2 Å². The minimum absolute atomic E-state index is 0.0758. The Hall–Kier alpha value is -1.30. The average molecular weight is 351 g/mol. The van der Waals surface area contributed by atoms with Gasteiger partial charge in [-0.1, -0.05) is 29.8 Å². The number of hydroxylamine groups is 2. The van der Waals surface area contributed by atoms with Gasteiger partial charge in [-0.2, -0.15) is 0 Å². The molecule has 1 aliphatic heterocycles. The van der Waals surface area contributed by atoms with Crippen molar-refractivity contribution in [1.29, 1.82) is 0 Å². The van der Waals surface area contributed by atoms with Gasteiger partial charge in [-0.05, 0) is 40.5 Å². The normalized spacial score (nSPS) is 18.9. The van der Waals surface area contributed by atoms with Crippen molar-refractivity contribution in [3.8, 4) is 0 Å². The highest BCUT2D eigenvalue weighted by Gasteiger charge is 2.28. The number of nitrogens with zero attached hydrogens (tertiary/aromatic N) is 1. The summed E-state index contributed by atoms with van der Waals surface area (Å²) in [5.74, 6) is 0.465. The van der Waals surface area contributed by atoms with Crippen molar-refractivity contribution in [2.45, 2.75) is 19.5 Å². The van der Waals surface area contributed by atoms with Gasteiger partial charge >= 0.3 is 0 Å². The van der Waals surface area contributed by atoms with Crippen molar-refractivity contribution in [3.63, 3.8) is 0 Å². The monoisotopic (exact) mass is 350 g/mol. The molecule has 1 aromatic heterocycles. The summed E-state index contributed by atoms with van der Waals surface area (Å²) < 4.78 is 1.11. The lowest BCUT2D eigenvalue weighted by Crippen LogP contribution is -2.22. The fourth-order valence-corrected chi connectivity index (χ4v) is 3.79. The Kier molecular flexibility index (Phi) is 3.83. The molecule has 0 amide bonds. The SMILES string of the molecule is Cc1cccc(CN2OC(N)=CC2c2ccc(Br)s2)c1. The Morgan fingerprint density at radius 2 is 2.20 bits per heavy atom. The first-order valence-corrected chi connectivity index (χ1v) is 7.95. The van der Waals surface area contributed by atoms with Gasteiger partial charge in [0, 0.05) is 11.0 Å². The molecule has 1 aliphatic rings. The van der Waals surface area contributed by atoms with E-state index in [1.807, 2.05) is 17.2 Å². The lowest BCUT2D eigenvalue weighted by atomic mass is 10.1. The zero-order chi connectivity index (χ0) is 14.1. The van der Waals surface area contributed by atoms with E-state index in [0.717, 1.165) is 3.79 Å². The van der Waals surface area contributed by atoms with Gasteiger partial charge in [-0.3, -0.25) is 0 Å². The number of hydrogen-bond donors (Lipinski definition) is 1. The Bertz CT molecular complexity index is 653. The van der Waals surface area contributed by atoms with Crippen LogP contribution in [0.15, 0.2) is 52.1 Å². The summed E-state index contributed by atoms with van der Waals surface area (Å²) in [6, 6.07) is 12.6. The summed E-state index contributed by atoms with van der Waals surface area (Å²) in [6.07, 6.45) is 1.95. The molecule has 2 heterocycles. The third-order valence-corrected chi connectivity index (χ3v) is 4.86. The summed E-state index contributed by atoms with van der Waals surface area (Å²) in [7, 11) is 0. The smallest absolute Gasteiger partial charge is 0.207 e. The quantitative estimate of drug-likeness (QED) is 0.905. The largest absolute Gasteiger partial charge is 0.387 e. The van der Waals surface area contributed by atoms with Crippen LogP contribution in [0.1, 0.15) is 22.0 Å². The molecule has 3 rings (SSSR count). The second-order valence-corrected chi connectivity index (χ2v) is 7.31. The van der Waals surface area contributed by atoms with Gasteiger partial charge in [0.25, 0.3) is 0 Å². The summed E-state index contributed by atoms with van der Waals surface area (Å²) in [5, 5.41) is 1.92. The highest BCUT2D eigenvalue weighted by atomic mass is 79.9. The van der Waals surface area contributed by atoms with E-state index >= 15 is 0 Å². The van der Waals surface area contributed by atoms with Crippen LogP contribution in [0.5, 0.6) is 0 Å². The summed E-state index contributed by atoms with van der Waals surface area (Å²) in [4.78, 5) is 6.86. The van der Waals surface area contributed by atoms with E-state index in [1.54, 1.807) is 11.3 Å². The van der Waals surface area contributed by atoms with Gasteiger partial charge in [0.1, 0.15) is 6.04 Å². The van der Waals surface area contributed by atoms with E-state index in [1.165, 1.54) is 16.0 Å². The number of benzene rings is 1. The Labute approximate surface area is 130 Å². The van der Waals surface area contributed by atoms with Gasteiger partial charge in [0.15, 0.2) is 0 Å². The van der Waals surface area contributed by atoms with Crippen LogP contribution in [0.3, 0.4) is 0 Å². The number of nitrogens with two attached hydrogens (primary N) is 1. The molecule has 0 spiro atoms. The van der Waals surface area contributed by atoms with Gasteiger partial charge in [0.2, 0.25) is 5.88 Å². The molecule has 20 heavy (non-hydrogen) atoms. The van der Waals surface area contributed by atoms with Gasteiger partial charge in [-0.25, -0.2) is 0 Å². The van der Waals surface area contributed by atoms with Crippen molar-refractivity contribution in [2.24, 2.45) is 5.73 Å². The van der Waals surface area contributed by atoms with Crippen LogP contribution in [0.2, 0.25) is 0 Å². The second kappa shape index (κ2) is 5.60. The highest BCUT2D eigenvalue weighted by Crippen LogP contribution is 2.36. The minimum Gasteiger partial charge on any atom is -0.387 e. The predicted molar refractivity (Wildman–Crippen MR) is 84.8 cm³/mol. The van der Waals surface area contributed by atoms with Crippen molar-refractivity contribution >= 4 is 27.3 Å². The van der Waals surface area contributed by atoms with Gasteiger partial charge < -0.3 is 10.6 Å². The summed E-state index contributed by atoms with van der Waals surface area (Å²) in [5.41, 5.74) is 8.30. The zero-order valence-corrected chi connectivity index (χ0v) is 13.4. The number of rotatable bonds is 3. The molecule has 0 fully saturated rings. The molecule has 0 saturated carbocycles. The second-order valence-electron chi connectivity index (χ2n) is 4.81. The number of hydrogen-bond acceptors (Lipinski definition) is 4. The molecule has 0 bridgehead atoms. The highest BCUT2D eigenvalue weighted by molar-refractivity contribution is 9.11. The first-order chi connectivity index (χ1) is 9.61. The van der Waals surface area contributed by atoms with E-state index in [4.69, 9.17) is 10.6 Å². The molecule has 0 aliphatic carbocycles. The molecule has 104 valence electrons. The van der Waals surface area contributed by atoms with Crippen LogP contribution < -0.4 is 5.73 Å². The maximum atomic E-state index is 5.83. The molecule has 5 heteroatoms. The van der Waals surface area contributed by atoms with Crippen LogP contribution in [0, 0.1) is 6.92 Å². The molecule has 0 radical (unpaired) electrons. The van der Waals surface area contributed by atoms with Crippen LogP contribution >= 0.6 is 27.3 Å². The van der Waals surface area contributed by atoms with Crippen LogP contribution in [-0.4, -0.2) is 5.06 Å². The predicted octanol–water partition coefficient (Wildman–Crippen LogP) is 4.11. The van der Waals surface area contributed by atoms with E-state index < -0.39 is 0 Å². The maximum absolute atomic E-state index is 5.83. The molecule has 0 saturated heterocycles. The van der Waals surface area contributed by atoms with Gasteiger partial charge in [0.05, 0.1) is 10.3 Å². The Balaban J connectivity index is 1.82. The molecular formula is C15H15BrN2OS. The van der Waals surface area contributed by atoms with Crippen molar-refractivity contribution in [3.05, 3.63) is 68.1 Å². The lowest BCUT2D eigenvalue weighted by molar-refractivity contribution is -0.127. The maximum Gasteiger partial charge on any atom is 0.207 e. The number of halogens is 1. The van der Waals surface area contributed by atoms with E-state index in [0.29, 0.717) is 12.4 Å². The molecule has 2 aromatic rings. The zero-order valence-electron chi connectivity index (χ0n) is 11.0. The van der Waals surface area contributed by atoms with Crippen LogP contribution in [0.4, 0.5) is 0 Å². The van der Waals surface area contributed by atoms with Crippen LogP contribution in [0.25, 0.3) is 0 Å². The third-order valence-electron chi connectivity index (χ3n) is 3.16. The minimum atomic E-state index is 0.0758. The molecule has 1 aromatic carbocycles. The average Bonchev–Trinajstić information content (AvgIpc) is 2.96. The standard InChI is InChI=1S/C15H15BrN2OS/c1-10-3-2-4-11(7-10)9-18-12(8-15(17)19-18)13-5-6-14(16)20-13/h2-8,12H,9,17H2,1H3. The Morgan fingerprint density at radius 3 is 2.90 bits per heavy atom. The number of thiophene rings is 1. The fraction of sp³-hybridized carbons (Fsp3) is 0.200. The van der Waals surface area contributed by atoms with Crippen molar-refractivity contribution in [2.75, 3.05) is 0 Å². The van der Waals surface area contributed by atoms with Crippen molar-refractivity contribution < 1.29 is 4.84 Å². The molecule has 3 nitrogen and oxygen atoms in total. The van der Waals surface area contributed by atoms with Crippen molar-refractivity contribution in [1.82, 2.24) is 5.06 Å². The third kappa shape index (κ3) is 2.90. The molecule has 1 unspecified atom stereocenters. The Morgan fingerprint density at radius 1 is 1.35 bits per heavy atom. The first kappa shape index (κ1) is 13.7. The molecule has 2 N–H and O–H groups in total. The lowest BCUT2D eigenvalue weighted by Gasteiger charge is -2.22. The van der Waals surface area contributed by atoms with E-state index in [-0.39, 0.29) is 6.04 Å². The molecule has 1 atom stereocenters. The van der Waals surface area contributed by atoms with Crippen LogP contribution in [-0.2, 0) is 11.4 Å². The first-order valence-electron chi connectivity index (χ1n) is 6.34. The fourth-order valence-electron chi connectivity index (χ4n) is 2.29. The number of aryl methyl sites for hydroxylation is 1. The van der Waals surface area contributed by atoms with E-state index in [9.17, 15) is 0 Å². The van der Waals surface area contributed by atoms with Gasteiger partial charge in [-0.15, -0.1) is 16.4 Å². The summed E-state index contributed by atoms with van der Waals surface area (Å²) >= 11 is 5.20. The summed E-state index contributed by atoms with van der Waals surface area (Å²) in [6.45, 7) is 2.80. The topological polar surface area (TPSA) is 38.5 Å². The molecular weight excluding hydrogens is 336 g/mol.